The molecule has 0 aliphatic carbocycles. The van der Waals surface area contributed by atoms with Gasteiger partial charge in [0, 0.05) is 25.4 Å². The number of aliphatic imine (C=N–C) groups is 1. The third-order valence-corrected chi connectivity index (χ3v) is 4.22. The van der Waals surface area contributed by atoms with Gasteiger partial charge in [-0.05, 0) is 6.42 Å². The molecule has 0 saturated heterocycles. The Bertz CT molecular complexity index is 992. The van der Waals surface area contributed by atoms with Gasteiger partial charge >= 0.3 is 0 Å². The van der Waals surface area contributed by atoms with Crippen LogP contribution in [0.5, 0.6) is 5.75 Å². The summed E-state index contributed by atoms with van der Waals surface area (Å²) in [6.45, 7) is 1.90. The number of ether oxygens (including phenoxy) is 1. The second-order valence-electron chi connectivity index (χ2n) is 5.53. The van der Waals surface area contributed by atoms with Crippen molar-refractivity contribution >= 4 is 41.1 Å². The molecule has 3 N–H and O–H groups in total. The number of nitrogens with zero attached hydrogens (tertiary/aromatic N) is 3. The number of methoxy groups -OCH3 is 1. The summed E-state index contributed by atoms with van der Waals surface area (Å²) in [5.41, 5.74) is 5.33. The molecule has 1 aromatic carbocycles. The van der Waals surface area contributed by atoms with E-state index in [1.165, 1.54) is 25.5 Å². The second kappa shape index (κ2) is 9.38. The molecule has 0 unspecified atom stereocenters. The molecule has 0 bridgehead atoms. The molecule has 2 aromatic rings. The van der Waals surface area contributed by atoms with E-state index in [9.17, 15) is 9.59 Å². The molecule has 10 heteroatoms. The van der Waals surface area contributed by atoms with Crippen molar-refractivity contribution in [1.29, 1.82) is 0 Å². The molecule has 0 radical (unpaired) electrons. The highest BCUT2D eigenvalue weighted by atomic mass is 35.5. The highest BCUT2D eigenvalue weighted by Gasteiger charge is 2.21. The first kappa shape index (κ1) is 21.5. The van der Waals surface area contributed by atoms with Gasteiger partial charge in [-0.2, -0.15) is 0 Å². The second-order valence-corrected chi connectivity index (χ2v) is 6.34. The minimum Gasteiger partial charge on any atom is -0.497 e. The summed E-state index contributed by atoms with van der Waals surface area (Å²) >= 11 is 12.5. The van der Waals surface area contributed by atoms with Gasteiger partial charge in [0.2, 0.25) is 0 Å². The number of allylic oxidation sites excluding steroid dienone is 2. The lowest BCUT2D eigenvalue weighted by Crippen LogP contribution is -2.34. The number of anilines is 1. The first-order valence-electron chi connectivity index (χ1n) is 8.18. The number of amides is 1. The van der Waals surface area contributed by atoms with Crippen LogP contribution >= 0.6 is 23.2 Å². The fourth-order valence-electron chi connectivity index (χ4n) is 2.42. The average Bonchev–Trinajstić information content (AvgIpc) is 2.63. The van der Waals surface area contributed by atoms with Crippen molar-refractivity contribution in [1.82, 2.24) is 14.9 Å². The minimum atomic E-state index is -0.719. The van der Waals surface area contributed by atoms with Crippen LogP contribution in [0.4, 0.5) is 5.82 Å². The van der Waals surface area contributed by atoms with E-state index in [0.29, 0.717) is 17.9 Å². The number of benzene rings is 1. The highest BCUT2D eigenvalue weighted by Crippen LogP contribution is 2.32. The predicted molar refractivity (Wildman–Crippen MR) is 111 cm³/mol. The fraction of sp³-hybridized carbons (Fsp3) is 0.222. The van der Waals surface area contributed by atoms with Crippen LogP contribution in [-0.2, 0) is 0 Å². The number of nitrogens with one attached hydrogen (secondary N) is 1. The molecular weight excluding hydrogens is 405 g/mol. The summed E-state index contributed by atoms with van der Waals surface area (Å²) < 4.78 is 6.16. The van der Waals surface area contributed by atoms with Gasteiger partial charge in [-0.25, -0.2) is 4.98 Å². The molecule has 0 spiro atoms. The van der Waals surface area contributed by atoms with Crippen molar-refractivity contribution in [3.05, 3.63) is 56.2 Å². The summed E-state index contributed by atoms with van der Waals surface area (Å²) in [5, 5.41) is 2.89. The third-order valence-electron chi connectivity index (χ3n) is 3.65. The lowest BCUT2D eigenvalue weighted by atomic mass is 10.2. The molecule has 2 rings (SSSR count). The zero-order valence-corrected chi connectivity index (χ0v) is 17.0. The van der Waals surface area contributed by atoms with Gasteiger partial charge in [0.05, 0.1) is 28.5 Å². The lowest BCUT2D eigenvalue weighted by molar-refractivity contribution is 0.0967. The summed E-state index contributed by atoms with van der Waals surface area (Å²) in [6, 6.07) is 2.98. The van der Waals surface area contributed by atoms with Crippen molar-refractivity contribution in [2.75, 3.05) is 19.9 Å². The molecule has 148 valence electrons. The van der Waals surface area contributed by atoms with Gasteiger partial charge in [0.1, 0.15) is 23.5 Å². The van der Waals surface area contributed by atoms with E-state index in [-0.39, 0.29) is 27.1 Å². The minimum absolute atomic E-state index is 0.147. The van der Waals surface area contributed by atoms with Crippen molar-refractivity contribution in [2.24, 2.45) is 4.99 Å². The molecular formula is C18H19Cl2N5O3. The van der Waals surface area contributed by atoms with Crippen LogP contribution in [0.3, 0.4) is 0 Å². The molecule has 0 atom stereocenters. The number of aromatic nitrogens is 2. The van der Waals surface area contributed by atoms with Crippen LogP contribution in [0.2, 0.25) is 10.0 Å². The first-order valence-corrected chi connectivity index (χ1v) is 8.93. The summed E-state index contributed by atoms with van der Waals surface area (Å²) in [6.07, 6.45) is 5.02. The zero-order chi connectivity index (χ0) is 20.8. The van der Waals surface area contributed by atoms with E-state index in [4.69, 9.17) is 33.7 Å². The zero-order valence-electron chi connectivity index (χ0n) is 15.5. The van der Waals surface area contributed by atoms with Gasteiger partial charge in [0.15, 0.2) is 0 Å². The van der Waals surface area contributed by atoms with Crippen LogP contribution in [0.15, 0.2) is 40.0 Å². The smallest absolute Gasteiger partial charge is 0.273 e. The van der Waals surface area contributed by atoms with Crippen LogP contribution < -0.4 is 21.3 Å². The molecule has 1 amide bonds. The highest BCUT2D eigenvalue weighted by molar-refractivity contribution is 6.38. The summed E-state index contributed by atoms with van der Waals surface area (Å²) in [4.78, 5) is 33.4. The Balaban J connectivity index is 2.58. The topological polar surface area (TPSA) is 112 Å². The van der Waals surface area contributed by atoms with Gasteiger partial charge in [0.25, 0.3) is 11.5 Å². The quantitative estimate of drug-likeness (QED) is 0.693. The number of nitrogens with two attached hydrogens (primary N) is 1. The van der Waals surface area contributed by atoms with Crippen LogP contribution in [0, 0.1) is 0 Å². The van der Waals surface area contributed by atoms with Crippen molar-refractivity contribution in [3.63, 3.8) is 0 Å². The SMILES string of the molecule is CC/C=C(\C=NC)NC(=O)c1c(N)ncn(-c2c(Cl)cc(OC)cc2Cl)c1=O. The molecule has 1 aromatic heterocycles. The largest absolute Gasteiger partial charge is 0.497 e. The Morgan fingerprint density at radius 1 is 1.39 bits per heavy atom. The van der Waals surface area contributed by atoms with Gasteiger partial charge < -0.3 is 15.8 Å². The maximum Gasteiger partial charge on any atom is 0.273 e. The average molecular weight is 424 g/mol. The Morgan fingerprint density at radius 3 is 2.57 bits per heavy atom. The molecule has 0 aliphatic heterocycles. The number of hydrogen-bond acceptors (Lipinski definition) is 6. The molecule has 0 aliphatic rings. The number of hydrogen-bond donors (Lipinski definition) is 2. The van der Waals surface area contributed by atoms with E-state index in [2.05, 4.69) is 15.3 Å². The van der Waals surface area contributed by atoms with Crippen molar-refractivity contribution in [3.8, 4) is 11.4 Å². The maximum atomic E-state index is 13.0. The van der Waals surface area contributed by atoms with E-state index >= 15 is 0 Å². The molecule has 0 saturated carbocycles. The van der Waals surface area contributed by atoms with Gasteiger partial charge in [-0.3, -0.25) is 19.1 Å². The van der Waals surface area contributed by atoms with E-state index in [0.717, 1.165) is 10.9 Å². The third kappa shape index (κ3) is 4.52. The lowest BCUT2D eigenvalue weighted by Gasteiger charge is -2.14. The molecule has 8 nitrogen and oxygen atoms in total. The van der Waals surface area contributed by atoms with E-state index in [1.807, 2.05) is 6.92 Å². The van der Waals surface area contributed by atoms with Crippen LogP contribution in [-0.4, -0.2) is 35.8 Å². The fourth-order valence-corrected chi connectivity index (χ4v) is 3.07. The first-order chi connectivity index (χ1) is 13.3. The van der Waals surface area contributed by atoms with Gasteiger partial charge in [-0.1, -0.05) is 36.2 Å². The number of halogens is 2. The Morgan fingerprint density at radius 2 is 2.04 bits per heavy atom. The van der Waals surface area contributed by atoms with E-state index < -0.39 is 11.5 Å². The standard InChI is InChI=1S/C18H19Cl2N5O3/c1-4-5-10(8-22-2)24-17(26)14-16(21)23-9-25(18(14)27)15-12(19)6-11(28-3)7-13(15)20/h5-9H,4,21H2,1-3H3,(H,24,26)/b10-5+,22-8?. The number of carbonyl (C=O) groups excluding carboxylic acids is 1. The predicted octanol–water partition coefficient (Wildman–Crippen LogP) is 2.85. The number of rotatable bonds is 6. The number of carbonyl (C=O) groups is 1. The van der Waals surface area contributed by atoms with Crippen LogP contribution in [0.1, 0.15) is 23.7 Å². The Hall–Kier alpha value is -2.84. The molecule has 1 heterocycles. The monoisotopic (exact) mass is 423 g/mol. The normalized spacial score (nSPS) is 11.7. The van der Waals surface area contributed by atoms with E-state index in [1.54, 1.807) is 13.1 Å². The molecule has 0 fully saturated rings. The molecule has 28 heavy (non-hydrogen) atoms. The van der Waals surface area contributed by atoms with Crippen molar-refractivity contribution < 1.29 is 9.53 Å². The summed E-state index contributed by atoms with van der Waals surface area (Å²) in [5.74, 6) is -0.519. The van der Waals surface area contributed by atoms with Crippen LogP contribution in [0.25, 0.3) is 5.69 Å². The summed E-state index contributed by atoms with van der Waals surface area (Å²) in [7, 11) is 3.02. The maximum absolute atomic E-state index is 13.0. The van der Waals surface area contributed by atoms with Crippen molar-refractivity contribution in [2.45, 2.75) is 13.3 Å². The Kier molecular flexibility index (Phi) is 7.19. The Labute approximate surface area is 171 Å². The number of nitrogen functional groups attached to an aromatic ring is 1. The van der Waals surface area contributed by atoms with Gasteiger partial charge in [-0.15, -0.1) is 0 Å².